The number of pyridine rings is 1. The SMILES string of the molecule is CC(c1ccccc1)n1cc(NC(=O)C2CCOCC2)c(=O)nc1Nc1ccc(Oc2cccc(F)n2)cc1. The van der Waals surface area contributed by atoms with Crippen LogP contribution in [-0.4, -0.2) is 33.7 Å². The first-order valence-electron chi connectivity index (χ1n) is 12.7. The molecule has 2 aromatic carbocycles. The second-order valence-electron chi connectivity index (χ2n) is 9.20. The van der Waals surface area contributed by atoms with Crippen LogP contribution in [0.5, 0.6) is 11.6 Å². The topological polar surface area (TPSA) is 107 Å². The Labute approximate surface area is 224 Å². The molecule has 0 radical (unpaired) electrons. The maximum Gasteiger partial charge on any atom is 0.298 e. The Bertz CT molecular complexity index is 1490. The molecule has 5 rings (SSSR count). The molecule has 0 bridgehead atoms. The molecule has 1 fully saturated rings. The van der Waals surface area contributed by atoms with Crippen LogP contribution in [0.2, 0.25) is 0 Å². The molecule has 4 aromatic rings. The van der Waals surface area contributed by atoms with Crippen LogP contribution in [0.25, 0.3) is 0 Å². The lowest BCUT2D eigenvalue weighted by atomic mass is 9.99. The highest BCUT2D eigenvalue weighted by Gasteiger charge is 2.23. The van der Waals surface area contributed by atoms with Crippen LogP contribution in [0.4, 0.5) is 21.7 Å². The third-order valence-corrected chi connectivity index (χ3v) is 6.52. The van der Waals surface area contributed by atoms with E-state index in [-0.39, 0.29) is 29.4 Å². The monoisotopic (exact) mass is 529 g/mol. The molecule has 2 N–H and O–H groups in total. The predicted molar refractivity (Wildman–Crippen MR) is 145 cm³/mol. The van der Waals surface area contributed by atoms with Crippen molar-refractivity contribution in [1.29, 1.82) is 0 Å². The Morgan fingerprint density at radius 3 is 2.49 bits per heavy atom. The predicted octanol–water partition coefficient (Wildman–Crippen LogP) is 5.29. The van der Waals surface area contributed by atoms with Gasteiger partial charge in [0.25, 0.3) is 5.56 Å². The van der Waals surface area contributed by atoms with Crippen molar-refractivity contribution in [2.75, 3.05) is 23.8 Å². The summed E-state index contributed by atoms with van der Waals surface area (Å²) in [4.78, 5) is 33.8. The Balaban J connectivity index is 1.41. The highest BCUT2D eigenvalue weighted by atomic mass is 19.1. The van der Waals surface area contributed by atoms with Gasteiger partial charge in [-0.15, -0.1) is 0 Å². The van der Waals surface area contributed by atoms with Crippen molar-refractivity contribution in [3.05, 3.63) is 101 Å². The molecule has 1 saturated heterocycles. The lowest BCUT2D eigenvalue weighted by molar-refractivity contribution is -0.122. The first-order valence-corrected chi connectivity index (χ1v) is 12.7. The van der Waals surface area contributed by atoms with Crippen LogP contribution in [0.15, 0.2) is 83.8 Å². The van der Waals surface area contributed by atoms with E-state index in [2.05, 4.69) is 20.6 Å². The summed E-state index contributed by atoms with van der Waals surface area (Å²) in [5.74, 6) is -0.135. The third kappa shape index (κ3) is 6.47. The van der Waals surface area contributed by atoms with Crippen molar-refractivity contribution in [3.8, 4) is 11.6 Å². The summed E-state index contributed by atoms with van der Waals surface area (Å²) in [6.07, 6.45) is 2.85. The summed E-state index contributed by atoms with van der Waals surface area (Å²) in [6.45, 7) is 3.04. The van der Waals surface area contributed by atoms with Crippen LogP contribution >= 0.6 is 0 Å². The van der Waals surface area contributed by atoms with Crippen LogP contribution in [0, 0.1) is 11.9 Å². The van der Waals surface area contributed by atoms with Crippen molar-refractivity contribution >= 4 is 23.2 Å². The first-order chi connectivity index (χ1) is 19.0. The molecule has 2 aromatic heterocycles. The number of hydrogen-bond donors (Lipinski definition) is 2. The van der Waals surface area contributed by atoms with Gasteiger partial charge in [0.15, 0.2) is 0 Å². The summed E-state index contributed by atoms with van der Waals surface area (Å²) in [5, 5.41) is 5.98. The van der Waals surface area contributed by atoms with Gasteiger partial charge < -0.3 is 24.7 Å². The van der Waals surface area contributed by atoms with E-state index in [9.17, 15) is 14.0 Å². The van der Waals surface area contributed by atoms with Crippen molar-refractivity contribution in [1.82, 2.24) is 14.5 Å². The summed E-state index contributed by atoms with van der Waals surface area (Å²) < 4.78 is 26.1. The molecule has 1 amide bonds. The number of carbonyl (C=O) groups excluding carboxylic acids is 1. The number of benzene rings is 2. The number of nitrogens with zero attached hydrogens (tertiary/aromatic N) is 3. The van der Waals surface area contributed by atoms with Gasteiger partial charge in [0.2, 0.25) is 23.7 Å². The molecular weight excluding hydrogens is 501 g/mol. The number of carbonyl (C=O) groups is 1. The number of halogens is 1. The van der Waals surface area contributed by atoms with Gasteiger partial charge in [0.05, 0.1) is 6.04 Å². The lowest BCUT2D eigenvalue weighted by Crippen LogP contribution is -2.31. The molecule has 9 nitrogen and oxygen atoms in total. The number of rotatable bonds is 8. The molecule has 1 aliphatic heterocycles. The van der Waals surface area contributed by atoms with Gasteiger partial charge in [0.1, 0.15) is 11.4 Å². The molecule has 0 aliphatic carbocycles. The number of aromatic nitrogens is 3. The van der Waals surface area contributed by atoms with E-state index >= 15 is 0 Å². The zero-order chi connectivity index (χ0) is 27.2. The zero-order valence-corrected chi connectivity index (χ0v) is 21.3. The fourth-order valence-corrected chi connectivity index (χ4v) is 4.33. The molecule has 1 unspecified atom stereocenters. The second-order valence-corrected chi connectivity index (χ2v) is 9.20. The van der Waals surface area contributed by atoms with Crippen molar-refractivity contribution in [2.45, 2.75) is 25.8 Å². The Morgan fingerprint density at radius 1 is 1.03 bits per heavy atom. The van der Waals surface area contributed by atoms with Crippen LogP contribution in [-0.2, 0) is 9.53 Å². The summed E-state index contributed by atoms with van der Waals surface area (Å²) in [7, 11) is 0. The maximum absolute atomic E-state index is 13.4. The first kappa shape index (κ1) is 26.1. The summed E-state index contributed by atoms with van der Waals surface area (Å²) in [5.41, 5.74) is 1.21. The van der Waals surface area contributed by atoms with Crippen LogP contribution in [0.1, 0.15) is 31.4 Å². The fraction of sp³-hybridized carbons (Fsp3) is 0.241. The van der Waals surface area contributed by atoms with Crippen LogP contribution < -0.4 is 20.9 Å². The highest BCUT2D eigenvalue weighted by Crippen LogP contribution is 2.27. The third-order valence-electron chi connectivity index (χ3n) is 6.52. The Kier molecular flexibility index (Phi) is 7.93. The quantitative estimate of drug-likeness (QED) is 0.299. The molecule has 0 spiro atoms. The van der Waals surface area contributed by atoms with E-state index < -0.39 is 11.5 Å². The molecule has 1 aliphatic rings. The van der Waals surface area contributed by atoms with Crippen molar-refractivity contribution in [2.24, 2.45) is 5.92 Å². The molecule has 200 valence electrons. The molecule has 39 heavy (non-hydrogen) atoms. The van der Waals surface area contributed by atoms with E-state index in [0.717, 1.165) is 5.56 Å². The molecular formula is C29H28FN5O4. The van der Waals surface area contributed by atoms with Gasteiger partial charge in [-0.3, -0.25) is 9.59 Å². The number of hydrogen-bond acceptors (Lipinski definition) is 7. The van der Waals surface area contributed by atoms with Crippen molar-refractivity contribution in [3.63, 3.8) is 0 Å². The van der Waals surface area contributed by atoms with Gasteiger partial charge in [-0.05, 0) is 55.7 Å². The maximum atomic E-state index is 13.4. The number of anilines is 3. The average molecular weight is 530 g/mol. The van der Waals surface area contributed by atoms with Gasteiger partial charge in [-0.1, -0.05) is 36.4 Å². The van der Waals surface area contributed by atoms with E-state index in [1.807, 2.05) is 41.8 Å². The van der Waals surface area contributed by atoms with E-state index in [1.165, 1.54) is 12.1 Å². The summed E-state index contributed by atoms with van der Waals surface area (Å²) in [6, 6.07) is 20.8. The molecule has 1 atom stereocenters. The smallest absolute Gasteiger partial charge is 0.298 e. The fourth-order valence-electron chi connectivity index (χ4n) is 4.33. The van der Waals surface area contributed by atoms with Crippen molar-refractivity contribution < 1.29 is 18.7 Å². The number of ether oxygens (including phenoxy) is 2. The average Bonchev–Trinajstić information content (AvgIpc) is 2.96. The second kappa shape index (κ2) is 11.9. The normalized spacial score (nSPS) is 14.4. The minimum absolute atomic E-state index is 0.117. The van der Waals surface area contributed by atoms with Gasteiger partial charge in [-0.2, -0.15) is 14.4 Å². The van der Waals surface area contributed by atoms with Gasteiger partial charge in [0, 0.05) is 37.1 Å². The zero-order valence-electron chi connectivity index (χ0n) is 21.3. The van der Waals surface area contributed by atoms with E-state index in [4.69, 9.17) is 9.47 Å². The largest absolute Gasteiger partial charge is 0.439 e. The minimum Gasteiger partial charge on any atom is -0.439 e. The standard InChI is InChI=1S/C29H28FN5O4/c1-19(20-6-3-2-4-7-20)35-18-24(32-27(36)21-14-16-38-17-15-21)28(37)34-29(35)31-22-10-12-23(13-11-22)39-26-9-5-8-25(30)33-26/h2-13,18-19,21H,14-17H2,1H3,(H,32,36)(H,31,34,37). The Morgan fingerprint density at radius 2 is 1.77 bits per heavy atom. The van der Waals surface area contributed by atoms with Crippen LogP contribution in [0.3, 0.4) is 0 Å². The molecule has 3 heterocycles. The molecule has 10 heteroatoms. The van der Waals surface area contributed by atoms with Gasteiger partial charge >= 0.3 is 0 Å². The number of nitrogens with one attached hydrogen (secondary N) is 2. The number of amides is 1. The minimum atomic E-state index is -0.630. The summed E-state index contributed by atoms with van der Waals surface area (Å²) >= 11 is 0. The molecule has 0 saturated carbocycles. The van der Waals surface area contributed by atoms with E-state index in [1.54, 1.807) is 36.5 Å². The highest BCUT2D eigenvalue weighted by molar-refractivity contribution is 5.92. The van der Waals surface area contributed by atoms with Gasteiger partial charge in [-0.25, -0.2) is 0 Å². The Hall–Kier alpha value is -4.57. The lowest BCUT2D eigenvalue weighted by Gasteiger charge is -2.23. The van der Waals surface area contributed by atoms with E-state index in [0.29, 0.717) is 43.4 Å².